The molecule has 1 heterocycles. The second-order valence-corrected chi connectivity index (χ2v) is 3.98. The first-order chi connectivity index (χ1) is 10.0. The van der Waals surface area contributed by atoms with E-state index >= 15 is 0 Å². The standard InChI is InChI=1S/C12H20N4O5/c1-4-21-8(17)7-16-10(13)9(12(18)20-3)11(15-16)14-5-6-19-2/h4-7,13H2,1-3H3,(H,14,15). The normalized spacial score (nSPS) is 10.2. The molecule has 0 saturated carbocycles. The average molecular weight is 300 g/mol. The van der Waals surface area contributed by atoms with Crippen LogP contribution in [0.15, 0.2) is 0 Å². The fourth-order valence-electron chi connectivity index (χ4n) is 1.62. The van der Waals surface area contributed by atoms with Gasteiger partial charge in [-0.2, -0.15) is 5.10 Å². The fourth-order valence-corrected chi connectivity index (χ4v) is 1.62. The maximum atomic E-state index is 11.8. The van der Waals surface area contributed by atoms with Crippen molar-refractivity contribution in [2.24, 2.45) is 0 Å². The molecule has 3 N–H and O–H groups in total. The number of anilines is 2. The Morgan fingerprint density at radius 1 is 1.38 bits per heavy atom. The van der Waals surface area contributed by atoms with Gasteiger partial charge in [-0.1, -0.05) is 0 Å². The number of esters is 2. The minimum absolute atomic E-state index is 0.0369. The lowest BCUT2D eigenvalue weighted by Crippen LogP contribution is -2.17. The molecule has 0 fully saturated rings. The van der Waals surface area contributed by atoms with Gasteiger partial charge in [0.05, 0.1) is 20.3 Å². The van der Waals surface area contributed by atoms with Crippen LogP contribution in [0.4, 0.5) is 11.6 Å². The van der Waals surface area contributed by atoms with Crippen molar-refractivity contribution in [3.63, 3.8) is 0 Å². The summed E-state index contributed by atoms with van der Waals surface area (Å²) in [4.78, 5) is 23.3. The largest absolute Gasteiger partial charge is 0.465 e. The summed E-state index contributed by atoms with van der Waals surface area (Å²) < 4.78 is 15.6. The molecule has 9 heteroatoms. The van der Waals surface area contributed by atoms with Gasteiger partial charge < -0.3 is 25.3 Å². The molecule has 0 radical (unpaired) electrons. The summed E-state index contributed by atoms with van der Waals surface area (Å²) in [5.41, 5.74) is 5.93. The van der Waals surface area contributed by atoms with Gasteiger partial charge >= 0.3 is 11.9 Å². The van der Waals surface area contributed by atoms with Crippen LogP contribution in [0.25, 0.3) is 0 Å². The molecule has 0 aliphatic heterocycles. The van der Waals surface area contributed by atoms with Crippen LogP contribution in [0.5, 0.6) is 0 Å². The highest BCUT2D eigenvalue weighted by molar-refractivity contribution is 5.99. The van der Waals surface area contributed by atoms with Gasteiger partial charge in [-0.05, 0) is 6.92 Å². The van der Waals surface area contributed by atoms with Gasteiger partial charge in [0.2, 0.25) is 0 Å². The van der Waals surface area contributed by atoms with Crippen molar-refractivity contribution in [1.29, 1.82) is 0 Å². The number of nitrogens with zero attached hydrogens (tertiary/aromatic N) is 2. The van der Waals surface area contributed by atoms with Crippen LogP contribution in [-0.4, -0.2) is 55.7 Å². The number of methoxy groups -OCH3 is 2. The first kappa shape index (κ1) is 16.8. The summed E-state index contributed by atoms with van der Waals surface area (Å²) >= 11 is 0. The van der Waals surface area contributed by atoms with E-state index in [1.54, 1.807) is 14.0 Å². The third kappa shape index (κ3) is 4.35. The van der Waals surface area contributed by atoms with Crippen molar-refractivity contribution in [2.75, 3.05) is 45.0 Å². The van der Waals surface area contributed by atoms with Crippen molar-refractivity contribution in [3.05, 3.63) is 5.56 Å². The van der Waals surface area contributed by atoms with Crippen molar-refractivity contribution in [2.45, 2.75) is 13.5 Å². The molecule has 0 saturated heterocycles. The van der Waals surface area contributed by atoms with E-state index in [1.807, 2.05) is 0 Å². The topological polar surface area (TPSA) is 118 Å². The number of nitrogens with one attached hydrogen (secondary N) is 1. The Kier molecular flexibility index (Phi) is 6.47. The summed E-state index contributed by atoms with van der Waals surface area (Å²) in [5.74, 6) is -0.857. The molecule has 0 amide bonds. The molecule has 0 aromatic carbocycles. The molecule has 0 atom stereocenters. The Morgan fingerprint density at radius 2 is 2.10 bits per heavy atom. The lowest BCUT2D eigenvalue weighted by molar-refractivity contribution is -0.144. The first-order valence-corrected chi connectivity index (χ1v) is 6.38. The third-order valence-electron chi connectivity index (χ3n) is 2.56. The zero-order chi connectivity index (χ0) is 15.8. The lowest BCUT2D eigenvalue weighted by Gasteiger charge is -2.04. The van der Waals surface area contributed by atoms with Crippen LogP contribution in [0.2, 0.25) is 0 Å². The van der Waals surface area contributed by atoms with Crippen LogP contribution < -0.4 is 11.1 Å². The summed E-state index contributed by atoms with van der Waals surface area (Å²) in [7, 11) is 2.79. The van der Waals surface area contributed by atoms with Crippen molar-refractivity contribution >= 4 is 23.6 Å². The van der Waals surface area contributed by atoms with Gasteiger partial charge in [0.1, 0.15) is 17.9 Å². The van der Waals surface area contributed by atoms with E-state index in [-0.39, 0.29) is 30.4 Å². The van der Waals surface area contributed by atoms with Crippen molar-refractivity contribution in [1.82, 2.24) is 9.78 Å². The molecule has 0 bridgehead atoms. The number of aromatic nitrogens is 2. The van der Waals surface area contributed by atoms with Crippen LogP contribution in [0, 0.1) is 0 Å². The van der Waals surface area contributed by atoms with E-state index in [9.17, 15) is 9.59 Å². The maximum Gasteiger partial charge on any atom is 0.345 e. The monoisotopic (exact) mass is 300 g/mol. The van der Waals surface area contributed by atoms with E-state index < -0.39 is 11.9 Å². The molecule has 1 aromatic rings. The van der Waals surface area contributed by atoms with Crippen LogP contribution in [-0.2, 0) is 25.5 Å². The van der Waals surface area contributed by atoms with Crippen LogP contribution in [0.1, 0.15) is 17.3 Å². The molecule has 0 spiro atoms. The number of rotatable bonds is 8. The SMILES string of the molecule is CCOC(=O)Cn1nc(NCCOC)c(C(=O)OC)c1N. The quantitative estimate of drug-likeness (QED) is 0.503. The average Bonchev–Trinajstić information content (AvgIpc) is 2.75. The van der Waals surface area contributed by atoms with Gasteiger partial charge in [0.15, 0.2) is 5.82 Å². The molecular formula is C12H20N4O5. The van der Waals surface area contributed by atoms with E-state index in [1.165, 1.54) is 11.8 Å². The minimum Gasteiger partial charge on any atom is -0.465 e. The summed E-state index contributed by atoms with van der Waals surface area (Å²) in [6, 6.07) is 0. The Balaban J connectivity index is 2.99. The van der Waals surface area contributed by atoms with Gasteiger partial charge in [0, 0.05) is 13.7 Å². The second kappa shape index (κ2) is 8.10. The highest BCUT2D eigenvalue weighted by Crippen LogP contribution is 2.22. The van der Waals surface area contributed by atoms with Gasteiger partial charge in [-0.3, -0.25) is 4.79 Å². The molecule has 0 unspecified atom stereocenters. The number of hydrogen-bond donors (Lipinski definition) is 2. The Labute approximate surface area is 122 Å². The molecule has 118 valence electrons. The highest BCUT2D eigenvalue weighted by atomic mass is 16.5. The molecule has 9 nitrogen and oxygen atoms in total. The second-order valence-electron chi connectivity index (χ2n) is 3.98. The van der Waals surface area contributed by atoms with Crippen LogP contribution >= 0.6 is 0 Å². The zero-order valence-corrected chi connectivity index (χ0v) is 12.3. The molecule has 0 aliphatic rings. The van der Waals surface area contributed by atoms with E-state index in [4.69, 9.17) is 15.2 Å². The molecular weight excluding hydrogens is 280 g/mol. The third-order valence-corrected chi connectivity index (χ3v) is 2.56. The molecule has 0 aliphatic carbocycles. The Morgan fingerprint density at radius 3 is 2.67 bits per heavy atom. The number of nitrogens with two attached hydrogens (primary N) is 1. The molecule has 1 rings (SSSR count). The van der Waals surface area contributed by atoms with Crippen LogP contribution in [0.3, 0.4) is 0 Å². The van der Waals surface area contributed by atoms with Crippen molar-refractivity contribution in [3.8, 4) is 0 Å². The zero-order valence-electron chi connectivity index (χ0n) is 12.3. The molecule has 1 aromatic heterocycles. The predicted molar refractivity (Wildman–Crippen MR) is 75.0 cm³/mol. The Bertz CT molecular complexity index is 500. The van der Waals surface area contributed by atoms with Gasteiger partial charge in [-0.25, -0.2) is 9.48 Å². The number of carbonyl (C=O) groups is 2. The number of hydrogen-bond acceptors (Lipinski definition) is 8. The maximum absolute atomic E-state index is 11.8. The molecule has 21 heavy (non-hydrogen) atoms. The smallest absolute Gasteiger partial charge is 0.345 e. The number of carbonyl (C=O) groups excluding carboxylic acids is 2. The minimum atomic E-state index is -0.637. The fraction of sp³-hybridized carbons (Fsp3) is 0.583. The highest BCUT2D eigenvalue weighted by Gasteiger charge is 2.24. The number of nitrogen functional groups attached to an aromatic ring is 1. The lowest BCUT2D eigenvalue weighted by atomic mass is 10.3. The Hall–Kier alpha value is -2.29. The summed E-state index contributed by atoms with van der Waals surface area (Å²) in [5, 5.41) is 7.00. The van der Waals surface area contributed by atoms with E-state index in [0.717, 1.165) is 0 Å². The summed E-state index contributed by atoms with van der Waals surface area (Å²) in [6.07, 6.45) is 0. The van der Waals surface area contributed by atoms with Gasteiger partial charge in [-0.15, -0.1) is 0 Å². The predicted octanol–water partition coefficient (Wildman–Crippen LogP) is -0.127. The van der Waals surface area contributed by atoms with E-state index in [2.05, 4.69) is 15.2 Å². The number of ether oxygens (including phenoxy) is 3. The van der Waals surface area contributed by atoms with Gasteiger partial charge in [0.25, 0.3) is 0 Å². The van der Waals surface area contributed by atoms with E-state index in [0.29, 0.717) is 13.2 Å². The summed E-state index contributed by atoms with van der Waals surface area (Å²) in [6.45, 7) is 2.61. The first-order valence-electron chi connectivity index (χ1n) is 6.38. The van der Waals surface area contributed by atoms with Crippen molar-refractivity contribution < 1.29 is 23.8 Å².